The van der Waals surface area contributed by atoms with Crippen LogP contribution < -0.4 is 11.3 Å². The van der Waals surface area contributed by atoms with Crippen molar-refractivity contribution in [2.24, 2.45) is 5.73 Å². The van der Waals surface area contributed by atoms with Gasteiger partial charge in [0.25, 0.3) is 11.5 Å². The predicted octanol–water partition coefficient (Wildman–Crippen LogP) is -0.0329. The summed E-state index contributed by atoms with van der Waals surface area (Å²) in [5.74, 6) is -0.678. The van der Waals surface area contributed by atoms with Gasteiger partial charge in [0.2, 0.25) is 0 Å². The maximum Gasteiger partial charge on any atom is 0.263 e. The first kappa shape index (κ1) is 8.52. The van der Waals surface area contributed by atoms with E-state index in [4.69, 9.17) is 5.73 Å². The zero-order chi connectivity index (χ0) is 9.14. The molecule has 0 radical (unpaired) electrons. The largest absolute Gasteiger partial charge is 0.365 e. The third-order valence-electron chi connectivity index (χ3n) is 1.63. The van der Waals surface area contributed by atoms with E-state index in [9.17, 15) is 9.59 Å². The second-order valence-corrected chi connectivity index (χ2v) is 2.38. The minimum absolute atomic E-state index is 0.0411. The third kappa shape index (κ3) is 1.37. The van der Waals surface area contributed by atoms with E-state index in [0.717, 1.165) is 0 Å². The van der Waals surface area contributed by atoms with Gasteiger partial charge in [-0.2, -0.15) is 0 Å². The second-order valence-electron chi connectivity index (χ2n) is 2.38. The Balaban J connectivity index is 3.33. The molecule has 12 heavy (non-hydrogen) atoms. The van der Waals surface area contributed by atoms with E-state index in [1.54, 1.807) is 12.3 Å². The summed E-state index contributed by atoms with van der Waals surface area (Å²) >= 11 is 0. The Kier molecular flexibility index (Phi) is 2.28. The van der Waals surface area contributed by atoms with Crippen LogP contribution in [-0.2, 0) is 6.54 Å². The van der Waals surface area contributed by atoms with Crippen molar-refractivity contribution in [1.29, 1.82) is 0 Å². The summed E-state index contributed by atoms with van der Waals surface area (Å²) in [6.07, 6.45) is 1.62. The number of aryl methyl sites for hydroxylation is 1. The van der Waals surface area contributed by atoms with Gasteiger partial charge in [-0.15, -0.1) is 0 Å². The van der Waals surface area contributed by atoms with Crippen molar-refractivity contribution in [2.75, 3.05) is 0 Å². The van der Waals surface area contributed by atoms with Crippen molar-refractivity contribution in [3.63, 3.8) is 0 Å². The van der Waals surface area contributed by atoms with E-state index < -0.39 is 5.91 Å². The number of amides is 1. The van der Waals surface area contributed by atoms with Gasteiger partial charge in [0.05, 0.1) is 0 Å². The van der Waals surface area contributed by atoms with Gasteiger partial charge in [-0.05, 0) is 19.1 Å². The van der Waals surface area contributed by atoms with Crippen LogP contribution in [0.3, 0.4) is 0 Å². The van der Waals surface area contributed by atoms with E-state index in [1.165, 1.54) is 10.6 Å². The van der Waals surface area contributed by atoms with Crippen LogP contribution in [0.1, 0.15) is 17.3 Å². The van der Waals surface area contributed by atoms with Crippen molar-refractivity contribution in [3.05, 3.63) is 34.2 Å². The Morgan fingerprint density at radius 1 is 1.67 bits per heavy atom. The molecule has 0 saturated heterocycles. The molecule has 0 spiro atoms. The smallest absolute Gasteiger partial charge is 0.263 e. The quantitative estimate of drug-likeness (QED) is 0.670. The molecule has 0 unspecified atom stereocenters. The summed E-state index contributed by atoms with van der Waals surface area (Å²) in [6.45, 7) is 2.37. The number of nitrogens with zero attached hydrogens (tertiary/aromatic N) is 1. The Bertz CT molecular complexity index is 354. The lowest BCUT2D eigenvalue weighted by Gasteiger charge is -2.01. The Morgan fingerprint density at radius 3 is 2.83 bits per heavy atom. The Hall–Kier alpha value is -1.58. The van der Waals surface area contributed by atoms with Crippen LogP contribution in [0.2, 0.25) is 0 Å². The molecule has 0 aromatic carbocycles. The fraction of sp³-hybridized carbons (Fsp3) is 0.250. The molecule has 0 bridgehead atoms. The first-order valence-corrected chi connectivity index (χ1v) is 3.66. The predicted molar refractivity (Wildman–Crippen MR) is 44.9 cm³/mol. The van der Waals surface area contributed by atoms with Crippen LogP contribution in [0.4, 0.5) is 0 Å². The molecule has 0 aliphatic carbocycles. The molecule has 4 heteroatoms. The van der Waals surface area contributed by atoms with Gasteiger partial charge in [-0.25, -0.2) is 0 Å². The van der Waals surface area contributed by atoms with E-state index in [-0.39, 0.29) is 11.1 Å². The summed E-state index contributed by atoms with van der Waals surface area (Å²) in [5, 5.41) is 0. The monoisotopic (exact) mass is 166 g/mol. The highest BCUT2D eigenvalue weighted by atomic mass is 16.2. The van der Waals surface area contributed by atoms with Gasteiger partial charge in [0.1, 0.15) is 5.56 Å². The molecular weight excluding hydrogens is 156 g/mol. The highest BCUT2D eigenvalue weighted by molar-refractivity contribution is 5.92. The van der Waals surface area contributed by atoms with Crippen molar-refractivity contribution in [1.82, 2.24) is 4.57 Å². The molecule has 1 aromatic heterocycles. The third-order valence-corrected chi connectivity index (χ3v) is 1.63. The lowest BCUT2D eigenvalue weighted by atomic mass is 10.2. The van der Waals surface area contributed by atoms with Gasteiger partial charge >= 0.3 is 0 Å². The summed E-state index contributed by atoms with van der Waals surface area (Å²) in [7, 11) is 0. The van der Waals surface area contributed by atoms with Crippen molar-refractivity contribution in [2.45, 2.75) is 13.5 Å². The second kappa shape index (κ2) is 3.21. The van der Waals surface area contributed by atoms with Crippen molar-refractivity contribution < 1.29 is 4.79 Å². The van der Waals surface area contributed by atoms with Gasteiger partial charge in [-0.1, -0.05) is 0 Å². The normalized spacial score (nSPS) is 9.75. The topological polar surface area (TPSA) is 65.1 Å². The minimum atomic E-state index is -0.678. The lowest BCUT2D eigenvalue weighted by Crippen LogP contribution is -2.28. The molecular formula is C8H10N2O2. The molecule has 1 rings (SSSR count). The van der Waals surface area contributed by atoms with E-state index in [2.05, 4.69) is 0 Å². The molecule has 2 N–H and O–H groups in total. The van der Waals surface area contributed by atoms with Gasteiger partial charge in [0.15, 0.2) is 0 Å². The van der Waals surface area contributed by atoms with Crippen LogP contribution in [-0.4, -0.2) is 10.5 Å². The molecule has 1 heterocycles. The van der Waals surface area contributed by atoms with Crippen molar-refractivity contribution in [3.8, 4) is 0 Å². The molecule has 0 fully saturated rings. The highest BCUT2D eigenvalue weighted by Crippen LogP contribution is 1.89. The Morgan fingerprint density at radius 2 is 2.33 bits per heavy atom. The highest BCUT2D eigenvalue weighted by Gasteiger charge is 2.06. The van der Waals surface area contributed by atoms with Crippen LogP contribution in [0.5, 0.6) is 0 Å². The number of hydrogen-bond donors (Lipinski definition) is 1. The summed E-state index contributed by atoms with van der Waals surface area (Å²) < 4.78 is 1.43. The molecule has 0 atom stereocenters. The fourth-order valence-electron chi connectivity index (χ4n) is 0.973. The number of aromatic nitrogens is 1. The first-order chi connectivity index (χ1) is 5.66. The Labute approximate surface area is 69.6 Å². The van der Waals surface area contributed by atoms with Gasteiger partial charge in [0, 0.05) is 12.7 Å². The van der Waals surface area contributed by atoms with Crippen LogP contribution in [0.15, 0.2) is 23.1 Å². The van der Waals surface area contributed by atoms with Crippen LogP contribution in [0, 0.1) is 0 Å². The average molecular weight is 166 g/mol. The maximum absolute atomic E-state index is 11.3. The zero-order valence-corrected chi connectivity index (χ0v) is 6.78. The minimum Gasteiger partial charge on any atom is -0.365 e. The maximum atomic E-state index is 11.3. The average Bonchev–Trinajstić information content (AvgIpc) is 2.04. The molecule has 1 amide bonds. The van der Waals surface area contributed by atoms with Crippen LogP contribution >= 0.6 is 0 Å². The summed E-state index contributed by atoms with van der Waals surface area (Å²) in [4.78, 5) is 22.0. The van der Waals surface area contributed by atoms with E-state index >= 15 is 0 Å². The van der Waals surface area contributed by atoms with Crippen LogP contribution in [0.25, 0.3) is 0 Å². The molecule has 64 valence electrons. The molecule has 4 nitrogen and oxygen atoms in total. The van der Waals surface area contributed by atoms with E-state index in [0.29, 0.717) is 6.54 Å². The fourth-order valence-corrected chi connectivity index (χ4v) is 0.973. The standard InChI is InChI=1S/C8H10N2O2/c1-2-10-5-3-4-6(7(9)11)8(10)12/h3-5H,2H2,1H3,(H2,9,11). The number of carbonyl (C=O) groups is 1. The summed E-state index contributed by atoms with van der Waals surface area (Å²) in [5.41, 5.74) is 4.70. The molecule has 0 aliphatic heterocycles. The number of pyridine rings is 1. The zero-order valence-electron chi connectivity index (χ0n) is 6.78. The van der Waals surface area contributed by atoms with Gasteiger partial charge < -0.3 is 10.3 Å². The number of carbonyl (C=O) groups excluding carboxylic acids is 1. The summed E-state index contributed by atoms with van der Waals surface area (Å²) in [6, 6.07) is 3.06. The van der Waals surface area contributed by atoms with E-state index in [1.807, 2.05) is 6.92 Å². The number of nitrogens with two attached hydrogens (primary N) is 1. The first-order valence-electron chi connectivity index (χ1n) is 3.66. The molecule has 1 aromatic rings. The SMILES string of the molecule is CCn1cccc(C(N)=O)c1=O. The van der Waals surface area contributed by atoms with Gasteiger partial charge in [-0.3, -0.25) is 9.59 Å². The van der Waals surface area contributed by atoms with Crippen molar-refractivity contribution >= 4 is 5.91 Å². The number of primary amides is 1. The lowest BCUT2D eigenvalue weighted by molar-refractivity contribution is 0.0998. The number of rotatable bonds is 2. The number of hydrogen-bond acceptors (Lipinski definition) is 2. The molecule has 0 aliphatic rings. The molecule has 0 saturated carbocycles.